The van der Waals surface area contributed by atoms with Gasteiger partial charge < -0.3 is 4.74 Å². The van der Waals surface area contributed by atoms with E-state index in [4.69, 9.17) is 10.00 Å². The SMILES string of the molecule is COc1ccc(S(=O)(=O)N(C)CC#N)c(C)c1C. The van der Waals surface area contributed by atoms with Gasteiger partial charge in [0.1, 0.15) is 12.3 Å². The fourth-order valence-electron chi connectivity index (χ4n) is 1.62. The Hall–Kier alpha value is -1.58. The third-order valence-electron chi connectivity index (χ3n) is 2.89. The van der Waals surface area contributed by atoms with E-state index in [1.807, 2.05) is 6.07 Å². The lowest BCUT2D eigenvalue weighted by atomic mass is 10.1. The van der Waals surface area contributed by atoms with Gasteiger partial charge in [-0.1, -0.05) is 0 Å². The van der Waals surface area contributed by atoms with Crippen LogP contribution in [0.1, 0.15) is 11.1 Å². The molecule has 0 radical (unpaired) electrons. The predicted octanol–water partition coefficient (Wildman–Crippen LogP) is 1.46. The van der Waals surface area contributed by atoms with Crippen LogP contribution in [0, 0.1) is 25.2 Å². The number of ether oxygens (including phenoxy) is 1. The topological polar surface area (TPSA) is 70.4 Å². The van der Waals surface area contributed by atoms with Crippen molar-refractivity contribution in [2.24, 2.45) is 0 Å². The van der Waals surface area contributed by atoms with Gasteiger partial charge in [0.2, 0.25) is 10.0 Å². The molecule has 5 nitrogen and oxygen atoms in total. The minimum absolute atomic E-state index is 0.174. The van der Waals surface area contributed by atoms with Crippen molar-refractivity contribution in [3.8, 4) is 11.8 Å². The van der Waals surface area contributed by atoms with Crippen molar-refractivity contribution in [2.75, 3.05) is 20.7 Å². The van der Waals surface area contributed by atoms with E-state index in [1.165, 1.54) is 20.2 Å². The molecule has 1 rings (SSSR count). The molecule has 18 heavy (non-hydrogen) atoms. The molecular formula is C12H16N2O3S. The quantitative estimate of drug-likeness (QED) is 0.775. The number of methoxy groups -OCH3 is 1. The highest BCUT2D eigenvalue weighted by Gasteiger charge is 2.24. The maximum atomic E-state index is 12.2. The molecular weight excluding hydrogens is 252 g/mol. The smallest absolute Gasteiger partial charge is 0.244 e. The molecule has 0 aliphatic rings. The molecule has 0 atom stereocenters. The molecule has 0 spiro atoms. The molecule has 0 amide bonds. The van der Waals surface area contributed by atoms with Crippen molar-refractivity contribution in [3.63, 3.8) is 0 Å². The van der Waals surface area contributed by atoms with E-state index in [1.54, 1.807) is 19.9 Å². The Morgan fingerprint density at radius 3 is 2.44 bits per heavy atom. The fourth-order valence-corrected chi connectivity index (χ4v) is 2.97. The summed E-state index contributed by atoms with van der Waals surface area (Å²) in [5, 5.41) is 8.58. The molecule has 1 aromatic rings. The zero-order chi connectivity index (χ0) is 13.9. The van der Waals surface area contributed by atoms with Crippen LogP contribution in [0.15, 0.2) is 17.0 Å². The van der Waals surface area contributed by atoms with Gasteiger partial charge in [-0.25, -0.2) is 8.42 Å². The summed E-state index contributed by atoms with van der Waals surface area (Å²) in [6, 6.07) is 4.95. The Labute approximate surface area is 108 Å². The molecule has 0 unspecified atom stereocenters. The molecule has 6 heteroatoms. The van der Waals surface area contributed by atoms with Crippen molar-refractivity contribution in [1.29, 1.82) is 5.26 Å². The zero-order valence-electron chi connectivity index (χ0n) is 10.9. The van der Waals surface area contributed by atoms with Crippen molar-refractivity contribution < 1.29 is 13.2 Å². The van der Waals surface area contributed by atoms with E-state index < -0.39 is 10.0 Å². The average molecular weight is 268 g/mol. The van der Waals surface area contributed by atoms with Crippen molar-refractivity contribution in [3.05, 3.63) is 23.3 Å². The van der Waals surface area contributed by atoms with Gasteiger partial charge in [0.05, 0.1) is 18.1 Å². The highest BCUT2D eigenvalue weighted by molar-refractivity contribution is 7.89. The monoisotopic (exact) mass is 268 g/mol. The number of hydrogen-bond acceptors (Lipinski definition) is 4. The summed E-state index contributed by atoms with van der Waals surface area (Å²) in [5.41, 5.74) is 1.42. The number of rotatable bonds is 4. The fraction of sp³-hybridized carbons (Fsp3) is 0.417. The molecule has 0 saturated carbocycles. The van der Waals surface area contributed by atoms with E-state index in [0.717, 1.165) is 9.87 Å². The molecule has 1 aromatic carbocycles. The van der Waals surface area contributed by atoms with Crippen LogP contribution in [0.5, 0.6) is 5.75 Å². The van der Waals surface area contributed by atoms with Gasteiger partial charge in [-0.15, -0.1) is 0 Å². The Bertz CT molecular complexity index is 588. The third kappa shape index (κ3) is 2.47. The summed E-state index contributed by atoms with van der Waals surface area (Å²) < 4.78 is 30.6. The van der Waals surface area contributed by atoms with Gasteiger partial charge in [0, 0.05) is 7.05 Å². The average Bonchev–Trinajstić information content (AvgIpc) is 2.32. The van der Waals surface area contributed by atoms with Crippen molar-refractivity contribution in [2.45, 2.75) is 18.7 Å². The first-order valence-corrected chi connectivity index (χ1v) is 6.77. The predicted molar refractivity (Wildman–Crippen MR) is 67.9 cm³/mol. The lowest BCUT2D eigenvalue weighted by Gasteiger charge is -2.17. The molecule has 0 bridgehead atoms. The molecule has 0 saturated heterocycles. The number of hydrogen-bond donors (Lipinski definition) is 0. The lowest BCUT2D eigenvalue weighted by molar-refractivity contribution is 0.410. The normalized spacial score (nSPS) is 11.3. The minimum atomic E-state index is -3.62. The summed E-state index contributed by atoms with van der Waals surface area (Å²) in [7, 11) is -0.698. The van der Waals surface area contributed by atoms with Crippen LogP contribution >= 0.6 is 0 Å². The highest BCUT2D eigenvalue weighted by Crippen LogP contribution is 2.28. The summed E-state index contributed by atoms with van der Waals surface area (Å²) >= 11 is 0. The second-order valence-electron chi connectivity index (χ2n) is 3.94. The van der Waals surface area contributed by atoms with Crippen LogP contribution in [-0.2, 0) is 10.0 Å². The van der Waals surface area contributed by atoms with E-state index >= 15 is 0 Å². The molecule has 0 heterocycles. The zero-order valence-corrected chi connectivity index (χ0v) is 11.7. The molecule has 0 fully saturated rings. The van der Waals surface area contributed by atoms with Crippen LogP contribution in [-0.4, -0.2) is 33.4 Å². The van der Waals surface area contributed by atoms with Gasteiger partial charge in [-0.2, -0.15) is 9.57 Å². The molecule has 0 aliphatic heterocycles. The van der Waals surface area contributed by atoms with E-state index in [2.05, 4.69) is 0 Å². The van der Waals surface area contributed by atoms with Gasteiger partial charge in [0.15, 0.2) is 0 Å². The molecule has 0 aliphatic carbocycles. The summed E-state index contributed by atoms with van der Waals surface area (Å²) in [6.45, 7) is 3.36. The Kier molecular flexibility index (Phi) is 4.33. The van der Waals surface area contributed by atoms with E-state index in [-0.39, 0.29) is 11.4 Å². The Morgan fingerprint density at radius 1 is 1.33 bits per heavy atom. The maximum absolute atomic E-state index is 12.2. The second-order valence-corrected chi connectivity index (χ2v) is 5.95. The van der Waals surface area contributed by atoms with E-state index in [0.29, 0.717) is 11.3 Å². The second kappa shape index (κ2) is 5.38. The maximum Gasteiger partial charge on any atom is 0.244 e. The van der Waals surface area contributed by atoms with Gasteiger partial charge in [-0.05, 0) is 37.1 Å². The number of sulfonamides is 1. The van der Waals surface area contributed by atoms with Gasteiger partial charge >= 0.3 is 0 Å². The van der Waals surface area contributed by atoms with E-state index in [9.17, 15) is 8.42 Å². The Morgan fingerprint density at radius 2 is 1.94 bits per heavy atom. The first kappa shape index (κ1) is 14.5. The summed E-state index contributed by atoms with van der Waals surface area (Å²) in [5.74, 6) is 0.648. The first-order valence-electron chi connectivity index (χ1n) is 5.33. The summed E-state index contributed by atoms with van der Waals surface area (Å²) in [6.07, 6.45) is 0. The van der Waals surface area contributed by atoms with Crippen LogP contribution in [0.4, 0.5) is 0 Å². The molecule has 98 valence electrons. The largest absolute Gasteiger partial charge is 0.496 e. The standard InChI is InChI=1S/C12H16N2O3S/c1-9-10(2)12(6-5-11(9)17-4)18(15,16)14(3)8-7-13/h5-6H,8H2,1-4H3. The van der Waals surface area contributed by atoms with Crippen LogP contribution < -0.4 is 4.74 Å². The highest BCUT2D eigenvalue weighted by atomic mass is 32.2. The van der Waals surface area contributed by atoms with Gasteiger partial charge in [-0.3, -0.25) is 0 Å². The third-order valence-corrected chi connectivity index (χ3v) is 4.84. The number of nitriles is 1. The van der Waals surface area contributed by atoms with Gasteiger partial charge in [0.25, 0.3) is 0 Å². The Balaban J connectivity index is 3.36. The van der Waals surface area contributed by atoms with Crippen molar-refractivity contribution >= 4 is 10.0 Å². The van der Waals surface area contributed by atoms with Crippen LogP contribution in [0.2, 0.25) is 0 Å². The molecule has 0 aromatic heterocycles. The number of nitrogens with zero attached hydrogens (tertiary/aromatic N) is 2. The molecule has 0 N–H and O–H groups in total. The minimum Gasteiger partial charge on any atom is -0.496 e. The number of benzene rings is 1. The van der Waals surface area contributed by atoms with Crippen LogP contribution in [0.3, 0.4) is 0 Å². The first-order chi connectivity index (χ1) is 8.36. The lowest BCUT2D eigenvalue weighted by Crippen LogP contribution is -2.28. The van der Waals surface area contributed by atoms with Crippen molar-refractivity contribution in [1.82, 2.24) is 4.31 Å². The summed E-state index contributed by atoms with van der Waals surface area (Å²) in [4.78, 5) is 0.207. The van der Waals surface area contributed by atoms with Crippen LogP contribution in [0.25, 0.3) is 0 Å².